The molecule has 0 nitrogen and oxygen atoms in total. The molecule has 1 fully saturated rings. The number of hydrogen-bond donors (Lipinski definition) is 0. The molecular weight excluding hydrogens is 282 g/mol. The number of hydrogen-bond acceptors (Lipinski definition) is 0. The Hall–Kier alpha value is -0.285. The minimum Gasteiger partial charge on any atom is -0.306 e. The largest absolute Gasteiger partial charge is 0.306 e. The molecule has 1 aliphatic heterocycles. The van der Waals surface area contributed by atoms with Crippen molar-refractivity contribution in [3.8, 4) is 0 Å². The molecule has 3 radical (unpaired) electrons. The van der Waals surface area contributed by atoms with Crippen LogP contribution in [0.1, 0.15) is 59.9 Å². The van der Waals surface area contributed by atoms with Crippen molar-refractivity contribution < 1.29 is 0 Å². The Labute approximate surface area is 140 Å². The Balaban J connectivity index is 2.05. The van der Waals surface area contributed by atoms with Gasteiger partial charge in [0.2, 0.25) is 0 Å². The van der Waals surface area contributed by atoms with Crippen LogP contribution in [0.4, 0.5) is 0 Å². The summed E-state index contributed by atoms with van der Waals surface area (Å²) >= 11 is 0. The van der Waals surface area contributed by atoms with Crippen LogP contribution in [0.15, 0.2) is 30.3 Å². The first-order valence-corrected chi connectivity index (χ1v) is 10.9. The zero-order valence-corrected chi connectivity index (χ0v) is 16.3. The summed E-state index contributed by atoms with van der Waals surface area (Å²) in [6.07, 6.45) is 5.01. The lowest BCUT2D eigenvalue weighted by Gasteiger charge is -2.66. The van der Waals surface area contributed by atoms with Gasteiger partial charge < -0.3 is 7.57 Å². The molecule has 22 heavy (non-hydrogen) atoms. The second-order valence-electron chi connectivity index (χ2n) is 9.31. The molecule has 0 spiro atoms. The van der Waals surface area contributed by atoms with Crippen LogP contribution >= 0.6 is 7.14 Å². The molecule has 0 aromatic heterocycles. The van der Waals surface area contributed by atoms with Gasteiger partial charge in [-0.3, -0.25) is 0 Å². The molecule has 0 aliphatic carbocycles. The molecule has 2 rings (SSSR count). The van der Waals surface area contributed by atoms with Crippen molar-refractivity contribution in [1.29, 1.82) is 0 Å². The Bertz CT molecular complexity index is 461. The highest BCUT2D eigenvalue weighted by Crippen LogP contribution is 2.80. The van der Waals surface area contributed by atoms with E-state index in [2.05, 4.69) is 71.9 Å². The van der Waals surface area contributed by atoms with Gasteiger partial charge in [-0.1, -0.05) is 71.9 Å². The summed E-state index contributed by atoms with van der Waals surface area (Å²) in [5.41, 5.74) is 3.67. The van der Waals surface area contributed by atoms with Crippen LogP contribution < -0.4 is 0 Å². The van der Waals surface area contributed by atoms with Gasteiger partial charge in [-0.15, -0.1) is 0 Å². The second kappa shape index (κ2) is 6.31. The van der Waals surface area contributed by atoms with E-state index in [1.165, 1.54) is 31.0 Å². The van der Waals surface area contributed by atoms with Gasteiger partial charge in [-0.2, -0.15) is 0 Å². The molecule has 2 atom stereocenters. The average Bonchev–Trinajstić information content (AvgIpc) is 2.35. The van der Waals surface area contributed by atoms with E-state index in [0.29, 0.717) is 10.8 Å². The normalized spacial score (nSPS) is 24.9. The smallest absolute Gasteiger partial charge is 0.0309 e. The SMILES string of the molecule is [B-][P+]1(CCCc2ccccc2)[C@H](C(C)(C)C)C[C@H]1C(C)(C)C. The van der Waals surface area contributed by atoms with Crippen molar-refractivity contribution in [1.82, 2.24) is 0 Å². The highest BCUT2D eigenvalue weighted by molar-refractivity contribution is 7.99. The van der Waals surface area contributed by atoms with Crippen LogP contribution in [0.2, 0.25) is 0 Å². The summed E-state index contributed by atoms with van der Waals surface area (Å²) in [6.45, 7) is 14.3. The summed E-state index contributed by atoms with van der Waals surface area (Å²) in [6, 6.07) is 10.9. The van der Waals surface area contributed by atoms with Crippen molar-refractivity contribution in [2.75, 3.05) is 6.16 Å². The number of rotatable bonds is 4. The van der Waals surface area contributed by atoms with Crippen LogP contribution in [-0.4, -0.2) is 25.0 Å². The molecule has 121 valence electrons. The standard InChI is InChI=1S/C20H33BP/c1-19(2,3)17-15-18(20(4,5)6)22(17,21)14-10-13-16-11-8-7-9-12-16/h7-9,11-12,17-18H,10,13-15H2,1-6H3/t17-,18-/m0/s1. The van der Waals surface area contributed by atoms with E-state index in [4.69, 9.17) is 7.57 Å². The second-order valence-corrected chi connectivity index (χ2v) is 13.0. The Kier molecular flexibility index (Phi) is 5.18. The maximum absolute atomic E-state index is 7.14. The van der Waals surface area contributed by atoms with Gasteiger partial charge in [-0.05, 0) is 29.2 Å². The minimum atomic E-state index is -1.34. The van der Waals surface area contributed by atoms with Gasteiger partial charge in [0.1, 0.15) is 0 Å². The monoisotopic (exact) mass is 315 g/mol. The maximum atomic E-state index is 7.14. The van der Waals surface area contributed by atoms with Gasteiger partial charge in [0.15, 0.2) is 0 Å². The lowest BCUT2D eigenvalue weighted by molar-refractivity contribution is 0.274. The van der Waals surface area contributed by atoms with Gasteiger partial charge in [-0.25, -0.2) is 7.14 Å². The van der Waals surface area contributed by atoms with E-state index < -0.39 is 7.14 Å². The van der Waals surface area contributed by atoms with Gasteiger partial charge in [0.05, 0.1) is 0 Å². The fourth-order valence-corrected chi connectivity index (χ4v) is 9.81. The van der Waals surface area contributed by atoms with Crippen molar-refractivity contribution in [2.24, 2.45) is 10.8 Å². The maximum Gasteiger partial charge on any atom is 0.0309 e. The first-order valence-electron chi connectivity index (χ1n) is 8.75. The predicted molar refractivity (Wildman–Crippen MR) is 103 cm³/mol. The molecule has 1 aromatic rings. The number of benzene rings is 1. The van der Waals surface area contributed by atoms with Gasteiger partial charge in [0.25, 0.3) is 0 Å². The lowest BCUT2D eigenvalue weighted by atomic mass is 9.81. The summed E-state index contributed by atoms with van der Waals surface area (Å²) in [5, 5.41) is 0. The number of aryl methyl sites for hydroxylation is 1. The summed E-state index contributed by atoms with van der Waals surface area (Å²) in [7, 11) is 5.80. The first kappa shape index (κ1) is 18.1. The summed E-state index contributed by atoms with van der Waals surface area (Å²) in [5.74, 6) is 0. The van der Waals surface area contributed by atoms with Gasteiger partial charge in [0, 0.05) is 23.9 Å². The molecule has 0 amide bonds. The minimum absolute atomic E-state index is 0.358. The third-order valence-electron chi connectivity index (χ3n) is 5.46. The fourth-order valence-electron chi connectivity index (χ4n) is 4.35. The van der Waals surface area contributed by atoms with E-state index in [1.807, 2.05) is 0 Å². The average molecular weight is 315 g/mol. The Morgan fingerprint density at radius 2 is 1.45 bits per heavy atom. The van der Waals surface area contributed by atoms with Crippen LogP contribution in [-0.2, 0) is 6.42 Å². The Morgan fingerprint density at radius 3 is 1.91 bits per heavy atom. The lowest BCUT2D eigenvalue weighted by Crippen LogP contribution is -2.52. The van der Waals surface area contributed by atoms with Crippen molar-refractivity contribution in [3.63, 3.8) is 0 Å². The summed E-state index contributed by atoms with van der Waals surface area (Å²) in [4.78, 5) is 0. The highest BCUT2D eigenvalue weighted by atomic mass is 31.2. The van der Waals surface area contributed by atoms with E-state index in [1.54, 1.807) is 0 Å². The molecule has 1 heterocycles. The molecule has 0 bridgehead atoms. The van der Waals surface area contributed by atoms with Gasteiger partial charge >= 0.3 is 0 Å². The quantitative estimate of drug-likeness (QED) is 0.475. The summed E-state index contributed by atoms with van der Waals surface area (Å²) < 4.78 is 0. The van der Waals surface area contributed by atoms with Crippen LogP contribution in [0, 0.1) is 10.8 Å². The highest BCUT2D eigenvalue weighted by Gasteiger charge is 2.56. The van der Waals surface area contributed by atoms with Crippen molar-refractivity contribution in [3.05, 3.63) is 35.9 Å². The zero-order valence-electron chi connectivity index (χ0n) is 15.4. The van der Waals surface area contributed by atoms with Crippen LogP contribution in [0.5, 0.6) is 0 Å². The Morgan fingerprint density at radius 1 is 0.955 bits per heavy atom. The molecule has 0 saturated carbocycles. The molecule has 1 saturated heterocycles. The predicted octanol–water partition coefficient (Wildman–Crippen LogP) is 5.95. The molecular formula is C20H33BP. The first-order chi connectivity index (χ1) is 10.0. The molecule has 0 unspecified atom stereocenters. The van der Waals surface area contributed by atoms with E-state index >= 15 is 0 Å². The van der Waals surface area contributed by atoms with Crippen molar-refractivity contribution >= 4 is 14.7 Å². The van der Waals surface area contributed by atoms with E-state index in [9.17, 15) is 0 Å². The van der Waals surface area contributed by atoms with Crippen LogP contribution in [0.3, 0.4) is 0 Å². The molecule has 2 heteroatoms. The van der Waals surface area contributed by atoms with Crippen LogP contribution in [0.25, 0.3) is 0 Å². The van der Waals surface area contributed by atoms with E-state index in [-0.39, 0.29) is 0 Å². The fraction of sp³-hybridized carbons (Fsp3) is 0.700. The zero-order chi connectivity index (χ0) is 16.6. The third-order valence-corrected chi connectivity index (χ3v) is 10.8. The van der Waals surface area contributed by atoms with E-state index in [0.717, 1.165) is 11.3 Å². The third kappa shape index (κ3) is 3.78. The topological polar surface area (TPSA) is 0 Å². The molecule has 1 aromatic carbocycles. The molecule has 0 N–H and O–H groups in total. The van der Waals surface area contributed by atoms with Crippen molar-refractivity contribution in [2.45, 2.75) is 72.1 Å². The molecule has 1 aliphatic rings.